The zero-order valence-electron chi connectivity index (χ0n) is 16.7. The highest BCUT2D eigenvalue weighted by atomic mass is 16.5. The highest BCUT2D eigenvalue weighted by molar-refractivity contribution is 5.73. The second-order valence-corrected chi connectivity index (χ2v) is 7.30. The summed E-state index contributed by atoms with van der Waals surface area (Å²) in [6, 6.07) is 5.81. The SMILES string of the molecule is CCOc1cc(C)c(OC2CC(c3cc([C@H](C)NC(C)=O)on3)C2)c(C)c1. The molecule has 0 radical (unpaired) electrons. The Morgan fingerprint density at radius 2 is 1.96 bits per heavy atom. The van der Waals surface area contributed by atoms with E-state index in [0.717, 1.165) is 41.2 Å². The molecule has 27 heavy (non-hydrogen) atoms. The summed E-state index contributed by atoms with van der Waals surface area (Å²) in [5.41, 5.74) is 3.12. The van der Waals surface area contributed by atoms with E-state index >= 15 is 0 Å². The van der Waals surface area contributed by atoms with Crippen LogP contribution in [-0.2, 0) is 4.79 Å². The number of hydrogen-bond donors (Lipinski definition) is 1. The van der Waals surface area contributed by atoms with E-state index in [1.807, 2.05) is 45.9 Å². The van der Waals surface area contributed by atoms with Crippen LogP contribution in [0, 0.1) is 13.8 Å². The molecular weight excluding hydrogens is 344 g/mol. The van der Waals surface area contributed by atoms with Crippen LogP contribution >= 0.6 is 0 Å². The molecule has 1 fully saturated rings. The summed E-state index contributed by atoms with van der Waals surface area (Å²) in [7, 11) is 0. The Labute approximate surface area is 160 Å². The number of nitrogens with one attached hydrogen (secondary N) is 1. The second-order valence-electron chi connectivity index (χ2n) is 7.30. The van der Waals surface area contributed by atoms with Crippen molar-refractivity contribution in [3.05, 3.63) is 40.8 Å². The number of rotatable bonds is 7. The van der Waals surface area contributed by atoms with Gasteiger partial charge in [0.2, 0.25) is 5.91 Å². The van der Waals surface area contributed by atoms with Gasteiger partial charge in [0.05, 0.1) is 18.3 Å². The second kappa shape index (κ2) is 8.03. The van der Waals surface area contributed by atoms with Crippen molar-refractivity contribution in [2.75, 3.05) is 6.61 Å². The van der Waals surface area contributed by atoms with Gasteiger partial charge in [-0.2, -0.15) is 0 Å². The summed E-state index contributed by atoms with van der Waals surface area (Å²) in [6.45, 7) is 10.1. The fourth-order valence-corrected chi connectivity index (χ4v) is 3.49. The van der Waals surface area contributed by atoms with E-state index in [9.17, 15) is 4.79 Å². The van der Waals surface area contributed by atoms with Gasteiger partial charge < -0.3 is 19.3 Å². The van der Waals surface area contributed by atoms with Crippen molar-refractivity contribution >= 4 is 5.91 Å². The zero-order valence-corrected chi connectivity index (χ0v) is 16.7. The zero-order chi connectivity index (χ0) is 19.6. The summed E-state index contributed by atoms with van der Waals surface area (Å²) in [4.78, 5) is 11.2. The van der Waals surface area contributed by atoms with Gasteiger partial charge in [0.1, 0.15) is 17.6 Å². The van der Waals surface area contributed by atoms with Crippen LogP contribution in [0.1, 0.15) is 68.2 Å². The molecule has 0 aliphatic heterocycles. The Bertz CT molecular complexity index is 785. The predicted molar refractivity (Wildman–Crippen MR) is 102 cm³/mol. The van der Waals surface area contributed by atoms with Crippen LogP contribution in [0.5, 0.6) is 11.5 Å². The maximum Gasteiger partial charge on any atom is 0.217 e. The molecule has 6 heteroatoms. The van der Waals surface area contributed by atoms with Crippen molar-refractivity contribution in [3.8, 4) is 11.5 Å². The molecule has 0 bridgehead atoms. The van der Waals surface area contributed by atoms with Crippen molar-refractivity contribution in [2.45, 2.75) is 65.5 Å². The molecule has 6 nitrogen and oxygen atoms in total. The number of nitrogens with zero attached hydrogens (tertiary/aromatic N) is 1. The maximum atomic E-state index is 11.2. The number of benzene rings is 1. The molecule has 1 aromatic heterocycles. The Morgan fingerprint density at radius 1 is 1.30 bits per heavy atom. The lowest BCUT2D eigenvalue weighted by atomic mass is 9.80. The fraction of sp³-hybridized carbons (Fsp3) is 0.524. The van der Waals surface area contributed by atoms with Gasteiger partial charge in [-0.1, -0.05) is 5.16 Å². The van der Waals surface area contributed by atoms with E-state index in [2.05, 4.69) is 10.5 Å². The first kappa shape index (κ1) is 19.3. The first-order chi connectivity index (χ1) is 12.9. The van der Waals surface area contributed by atoms with Crippen LogP contribution in [-0.4, -0.2) is 23.8 Å². The first-order valence-corrected chi connectivity index (χ1v) is 9.51. The van der Waals surface area contributed by atoms with Gasteiger partial charge in [-0.05, 0) is 63.8 Å². The monoisotopic (exact) mass is 372 g/mol. The Morgan fingerprint density at radius 3 is 2.56 bits per heavy atom. The van der Waals surface area contributed by atoms with E-state index in [-0.39, 0.29) is 18.1 Å². The van der Waals surface area contributed by atoms with E-state index in [4.69, 9.17) is 14.0 Å². The largest absolute Gasteiger partial charge is 0.494 e. The number of carbonyl (C=O) groups excluding carboxylic acids is 1. The fourth-order valence-electron chi connectivity index (χ4n) is 3.49. The highest BCUT2D eigenvalue weighted by Gasteiger charge is 2.35. The minimum absolute atomic E-state index is 0.0846. The number of aryl methyl sites for hydroxylation is 2. The molecule has 0 spiro atoms. The molecule has 146 valence electrons. The smallest absolute Gasteiger partial charge is 0.217 e. The number of ether oxygens (including phenoxy) is 2. The number of carbonyl (C=O) groups is 1. The number of aromatic nitrogens is 1. The molecule has 2 aromatic rings. The minimum atomic E-state index is -0.176. The van der Waals surface area contributed by atoms with Gasteiger partial charge in [-0.15, -0.1) is 0 Å². The third-order valence-corrected chi connectivity index (χ3v) is 4.94. The van der Waals surface area contributed by atoms with E-state index in [1.165, 1.54) is 6.92 Å². The quantitative estimate of drug-likeness (QED) is 0.788. The molecule has 1 saturated carbocycles. The summed E-state index contributed by atoms with van der Waals surface area (Å²) < 4.78 is 17.2. The summed E-state index contributed by atoms with van der Waals surface area (Å²) in [5, 5.41) is 6.98. The molecule has 1 atom stereocenters. The van der Waals surface area contributed by atoms with Crippen LogP contribution < -0.4 is 14.8 Å². The Hall–Kier alpha value is -2.50. The number of amides is 1. The first-order valence-electron chi connectivity index (χ1n) is 9.51. The van der Waals surface area contributed by atoms with Gasteiger partial charge in [0, 0.05) is 18.9 Å². The van der Waals surface area contributed by atoms with Gasteiger partial charge in [0.15, 0.2) is 5.76 Å². The molecule has 1 aromatic carbocycles. The molecule has 3 rings (SSSR count). The van der Waals surface area contributed by atoms with Crippen LogP contribution in [0.4, 0.5) is 0 Å². The van der Waals surface area contributed by atoms with Crippen molar-refractivity contribution in [2.24, 2.45) is 0 Å². The van der Waals surface area contributed by atoms with Gasteiger partial charge in [-0.3, -0.25) is 4.79 Å². The predicted octanol–water partition coefficient (Wildman–Crippen LogP) is 4.21. The van der Waals surface area contributed by atoms with Gasteiger partial charge in [0.25, 0.3) is 0 Å². The average Bonchev–Trinajstić information content (AvgIpc) is 3.01. The van der Waals surface area contributed by atoms with E-state index < -0.39 is 0 Å². The normalized spacial score (nSPS) is 19.9. The molecule has 1 amide bonds. The van der Waals surface area contributed by atoms with Crippen molar-refractivity contribution in [3.63, 3.8) is 0 Å². The summed E-state index contributed by atoms with van der Waals surface area (Å²) in [6.07, 6.45) is 2.00. The lowest BCUT2D eigenvalue weighted by molar-refractivity contribution is -0.119. The summed E-state index contributed by atoms with van der Waals surface area (Å²) >= 11 is 0. The molecule has 1 heterocycles. The molecule has 1 aliphatic rings. The average molecular weight is 372 g/mol. The van der Waals surface area contributed by atoms with E-state index in [0.29, 0.717) is 18.3 Å². The number of hydrogen-bond acceptors (Lipinski definition) is 5. The van der Waals surface area contributed by atoms with Crippen LogP contribution in [0.2, 0.25) is 0 Å². The van der Waals surface area contributed by atoms with E-state index in [1.54, 1.807) is 0 Å². The molecule has 1 aliphatic carbocycles. The molecule has 1 N–H and O–H groups in total. The van der Waals surface area contributed by atoms with Crippen LogP contribution in [0.3, 0.4) is 0 Å². The maximum absolute atomic E-state index is 11.2. The molecule has 0 unspecified atom stereocenters. The summed E-state index contributed by atoms with van der Waals surface area (Å²) in [5.74, 6) is 2.76. The van der Waals surface area contributed by atoms with Crippen molar-refractivity contribution < 1.29 is 18.8 Å². The molecular formula is C21H28N2O4. The lowest BCUT2D eigenvalue weighted by Gasteiger charge is -2.35. The van der Waals surface area contributed by atoms with Gasteiger partial charge in [-0.25, -0.2) is 0 Å². The topological polar surface area (TPSA) is 73.6 Å². The van der Waals surface area contributed by atoms with Crippen LogP contribution in [0.15, 0.2) is 22.7 Å². The standard InChI is InChI=1S/C21H28N2O4/c1-6-25-17-7-12(2)21(13(3)8-17)26-18-9-16(10-18)19-11-20(27-23-19)14(4)22-15(5)24/h7-8,11,14,16,18H,6,9-10H2,1-5H3,(H,22,24)/t14-,16?,18?/m0/s1. The third kappa shape index (κ3) is 4.43. The van der Waals surface area contributed by atoms with Crippen LogP contribution in [0.25, 0.3) is 0 Å². The Kier molecular flexibility index (Phi) is 5.73. The third-order valence-electron chi connectivity index (χ3n) is 4.94. The highest BCUT2D eigenvalue weighted by Crippen LogP contribution is 2.41. The molecule has 0 saturated heterocycles. The minimum Gasteiger partial charge on any atom is -0.494 e. The Balaban J connectivity index is 1.57. The van der Waals surface area contributed by atoms with Crippen molar-refractivity contribution in [1.82, 2.24) is 10.5 Å². The van der Waals surface area contributed by atoms with Crippen molar-refractivity contribution in [1.29, 1.82) is 0 Å². The van der Waals surface area contributed by atoms with Gasteiger partial charge >= 0.3 is 0 Å². The lowest BCUT2D eigenvalue weighted by Crippen LogP contribution is -2.32.